The summed E-state index contributed by atoms with van der Waals surface area (Å²) in [6.45, 7) is 5.29. The SMILES string of the molecule is CC(N)C(C)C(=O)NCc1cccc(C(=O)NCC2CCCO2)c1.Cl. The smallest absolute Gasteiger partial charge is 0.251 e. The highest BCUT2D eigenvalue weighted by Crippen LogP contribution is 2.11. The fourth-order valence-corrected chi connectivity index (χ4v) is 2.53. The molecule has 0 spiro atoms. The second-order valence-electron chi connectivity index (χ2n) is 6.41. The fourth-order valence-electron chi connectivity index (χ4n) is 2.53. The van der Waals surface area contributed by atoms with Crippen molar-refractivity contribution in [1.82, 2.24) is 10.6 Å². The van der Waals surface area contributed by atoms with E-state index in [1.807, 2.05) is 19.1 Å². The number of halogens is 1. The molecule has 0 bridgehead atoms. The molecule has 0 aliphatic carbocycles. The van der Waals surface area contributed by atoms with Crippen LogP contribution in [0.4, 0.5) is 0 Å². The highest BCUT2D eigenvalue weighted by Gasteiger charge is 2.18. The van der Waals surface area contributed by atoms with E-state index in [4.69, 9.17) is 10.5 Å². The molecule has 1 fully saturated rings. The zero-order valence-electron chi connectivity index (χ0n) is 14.8. The normalized spacial score (nSPS) is 18.8. The molecule has 2 amide bonds. The van der Waals surface area contributed by atoms with Crippen molar-refractivity contribution in [1.29, 1.82) is 0 Å². The van der Waals surface area contributed by atoms with E-state index in [2.05, 4.69) is 10.6 Å². The van der Waals surface area contributed by atoms with E-state index in [0.717, 1.165) is 25.0 Å². The van der Waals surface area contributed by atoms with Gasteiger partial charge in [0.05, 0.1) is 6.10 Å². The number of nitrogens with two attached hydrogens (primary N) is 1. The van der Waals surface area contributed by atoms with Gasteiger partial charge in [0.1, 0.15) is 0 Å². The van der Waals surface area contributed by atoms with E-state index in [0.29, 0.717) is 18.7 Å². The minimum absolute atomic E-state index is 0. The summed E-state index contributed by atoms with van der Waals surface area (Å²) in [5, 5.41) is 5.75. The molecule has 1 heterocycles. The first-order chi connectivity index (χ1) is 11.5. The van der Waals surface area contributed by atoms with Crippen molar-refractivity contribution in [2.75, 3.05) is 13.2 Å². The molecule has 1 aliphatic rings. The standard InChI is InChI=1S/C18H27N3O3.ClH/c1-12(13(2)19)17(22)20-10-14-5-3-6-15(9-14)18(23)21-11-16-7-4-8-24-16;/h3,5-6,9,12-13,16H,4,7-8,10-11,19H2,1-2H3,(H,20,22)(H,21,23);1H. The van der Waals surface area contributed by atoms with Crippen molar-refractivity contribution in [3.63, 3.8) is 0 Å². The molecule has 2 rings (SSSR count). The van der Waals surface area contributed by atoms with Crippen LogP contribution >= 0.6 is 12.4 Å². The van der Waals surface area contributed by atoms with Gasteiger partial charge in [-0.25, -0.2) is 0 Å². The van der Waals surface area contributed by atoms with Crippen LogP contribution in [0.25, 0.3) is 0 Å². The van der Waals surface area contributed by atoms with Gasteiger partial charge in [-0.3, -0.25) is 9.59 Å². The van der Waals surface area contributed by atoms with Crippen molar-refractivity contribution in [3.8, 4) is 0 Å². The highest BCUT2D eigenvalue weighted by molar-refractivity contribution is 5.94. The predicted molar refractivity (Wildman–Crippen MR) is 99.7 cm³/mol. The van der Waals surface area contributed by atoms with Crippen LogP contribution in [-0.4, -0.2) is 37.1 Å². The minimum atomic E-state index is -0.247. The molecule has 7 heteroatoms. The van der Waals surface area contributed by atoms with Gasteiger partial charge in [-0.2, -0.15) is 0 Å². The third-order valence-electron chi connectivity index (χ3n) is 4.37. The molecule has 1 saturated heterocycles. The minimum Gasteiger partial charge on any atom is -0.376 e. The van der Waals surface area contributed by atoms with Crippen LogP contribution in [0.1, 0.15) is 42.6 Å². The second-order valence-corrected chi connectivity index (χ2v) is 6.41. The third-order valence-corrected chi connectivity index (χ3v) is 4.37. The Morgan fingerprint density at radius 1 is 1.32 bits per heavy atom. The number of ether oxygens (including phenoxy) is 1. The molecular formula is C18H28ClN3O3. The summed E-state index contributed by atoms with van der Waals surface area (Å²) in [5.74, 6) is -0.455. The lowest BCUT2D eigenvalue weighted by molar-refractivity contribution is -0.125. The lowest BCUT2D eigenvalue weighted by atomic mass is 10.0. The Hall–Kier alpha value is -1.63. The number of benzene rings is 1. The number of amides is 2. The van der Waals surface area contributed by atoms with Crippen LogP contribution in [0.3, 0.4) is 0 Å². The molecule has 140 valence electrons. The van der Waals surface area contributed by atoms with Crippen molar-refractivity contribution >= 4 is 24.2 Å². The van der Waals surface area contributed by atoms with Gasteiger partial charge >= 0.3 is 0 Å². The molecular weight excluding hydrogens is 342 g/mol. The summed E-state index contributed by atoms with van der Waals surface area (Å²) >= 11 is 0. The fraction of sp³-hybridized carbons (Fsp3) is 0.556. The molecule has 4 N–H and O–H groups in total. The first-order valence-corrected chi connectivity index (χ1v) is 8.49. The summed E-state index contributed by atoms with van der Waals surface area (Å²) in [7, 11) is 0. The molecule has 3 atom stereocenters. The van der Waals surface area contributed by atoms with Gasteiger partial charge < -0.3 is 21.1 Å². The van der Waals surface area contributed by atoms with Crippen molar-refractivity contribution in [2.45, 2.75) is 45.4 Å². The topological polar surface area (TPSA) is 93.5 Å². The van der Waals surface area contributed by atoms with Crippen LogP contribution in [-0.2, 0) is 16.1 Å². The van der Waals surface area contributed by atoms with E-state index < -0.39 is 0 Å². The van der Waals surface area contributed by atoms with Gasteiger partial charge in [0.25, 0.3) is 5.91 Å². The van der Waals surface area contributed by atoms with Gasteiger partial charge in [0.2, 0.25) is 5.91 Å². The maximum absolute atomic E-state index is 12.2. The van der Waals surface area contributed by atoms with Crippen LogP contribution in [0.5, 0.6) is 0 Å². The van der Waals surface area contributed by atoms with E-state index in [9.17, 15) is 9.59 Å². The van der Waals surface area contributed by atoms with Gasteiger partial charge in [-0.15, -0.1) is 12.4 Å². The Labute approximate surface area is 155 Å². The number of rotatable bonds is 7. The van der Waals surface area contributed by atoms with Crippen molar-refractivity contribution < 1.29 is 14.3 Å². The predicted octanol–water partition coefficient (Wildman–Crippen LogP) is 1.62. The Balaban J connectivity index is 0.00000312. The lowest BCUT2D eigenvalue weighted by Crippen LogP contribution is -2.38. The van der Waals surface area contributed by atoms with Crippen molar-refractivity contribution in [2.24, 2.45) is 11.7 Å². The first kappa shape index (κ1) is 21.4. The van der Waals surface area contributed by atoms with Gasteiger partial charge in [0.15, 0.2) is 0 Å². The Morgan fingerprint density at radius 2 is 2.08 bits per heavy atom. The van der Waals surface area contributed by atoms with Gasteiger partial charge in [0, 0.05) is 37.2 Å². The second kappa shape index (κ2) is 10.4. The van der Waals surface area contributed by atoms with Gasteiger partial charge in [-0.05, 0) is 37.5 Å². The average molecular weight is 370 g/mol. The van der Waals surface area contributed by atoms with E-state index in [1.165, 1.54) is 0 Å². The monoisotopic (exact) mass is 369 g/mol. The summed E-state index contributed by atoms with van der Waals surface area (Å²) in [4.78, 5) is 24.2. The Morgan fingerprint density at radius 3 is 2.72 bits per heavy atom. The summed E-state index contributed by atoms with van der Waals surface area (Å²) in [6.07, 6.45) is 2.16. The maximum Gasteiger partial charge on any atom is 0.251 e. The van der Waals surface area contributed by atoms with Crippen LogP contribution in [0.15, 0.2) is 24.3 Å². The molecule has 1 aromatic rings. The number of carbonyl (C=O) groups excluding carboxylic acids is 2. The van der Waals surface area contributed by atoms with Crippen LogP contribution in [0, 0.1) is 5.92 Å². The Kier molecular flexibility index (Phi) is 8.89. The molecule has 6 nitrogen and oxygen atoms in total. The average Bonchev–Trinajstić information content (AvgIpc) is 3.10. The van der Waals surface area contributed by atoms with E-state index in [1.54, 1.807) is 19.1 Å². The Bertz CT molecular complexity index is 574. The molecule has 0 aromatic heterocycles. The molecule has 0 radical (unpaired) electrons. The summed E-state index contributed by atoms with van der Waals surface area (Å²) < 4.78 is 5.50. The maximum atomic E-state index is 12.2. The number of nitrogens with one attached hydrogen (secondary N) is 2. The zero-order valence-corrected chi connectivity index (χ0v) is 15.6. The largest absolute Gasteiger partial charge is 0.376 e. The quantitative estimate of drug-likeness (QED) is 0.680. The van der Waals surface area contributed by atoms with Gasteiger partial charge in [-0.1, -0.05) is 19.1 Å². The zero-order chi connectivity index (χ0) is 17.5. The molecule has 1 aromatic carbocycles. The van der Waals surface area contributed by atoms with Crippen LogP contribution < -0.4 is 16.4 Å². The van der Waals surface area contributed by atoms with Crippen molar-refractivity contribution in [3.05, 3.63) is 35.4 Å². The number of hydrogen-bond acceptors (Lipinski definition) is 4. The third kappa shape index (κ3) is 6.65. The van der Waals surface area contributed by atoms with Crippen LogP contribution in [0.2, 0.25) is 0 Å². The first-order valence-electron chi connectivity index (χ1n) is 8.49. The van der Waals surface area contributed by atoms with E-state index >= 15 is 0 Å². The molecule has 25 heavy (non-hydrogen) atoms. The summed E-state index contributed by atoms with van der Waals surface area (Å²) in [5.41, 5.74) is 7.19. The molecule has 0 saturated carbocycles. The highest BCUT2D eigenvalue weighted by atomic mass is 35.5. The summed E-state index contributed by atoms with van der Waals surface area (Å²) in [6, 6.07) is 7.06. The number of carbonyl (C=O) groups is 2. The van der Waals surface area contributed by atoms with E-state index in [-0.39, 0.29) is 42.3 Å². The lowest BCUT2D eigenvalue weighted by Gasteiger charge is -2.15. The molecule has 3 unspecified atom stereocenters. The molecule has 1 aliphatic heterocycles. The number of hydrogen-bond donors (Lipinski definition) is 3.